The maximum Gasteiger partial charge on any atom is 0.315 e. The van der Waals surface area contributed by atoms with Crippen LogP contribution in [0, 0.1) is 5.92 Å². The first-order valence-corrected chi connectivity index (χ1v) is 8.06. The van der Waals surface area contributed by atoms with E-state index in [0.29, 0.717) is 19.0 Å². The van der Waals surface area contributed by atoms with Gasteiger partial charge in [0.1, 0.15) is 0 Å². The zero-order chi connectivity index (χ0) is 16.7. The average Bonchev–Trinajstić information content (AvgIpc) is 2.58. The van der Waals surface area contributed by atoms with Gasteiger partial charge in [-0.1, -0.05) is 30.4 Å². The van der Waals surface area contributed by atoms with Crippen LogP contribution < -0.4 is 10.6 Å². The van der Waals surface area contributed by atoms with Crippen molar-refractivity contribution in [2.45, 2.75) is 19.8 Å². The minimum absolute atomic E-state index is 0.0937. The van der Waals surface area contributed by atoms with Gasteiger partial charge in [-0.05, 0) is 37.8 Å². The Balaban J connectivity index is 1.71. The molecule has 1 aliphatic heterocycles. The fourth-order valence-corrected chi connectivity index (χ4v) is 2.63. The predicted octanol–water partition coefficient (Wildman–Crippen LogP) is 2.41. The smallest absolute Gasteiger partial charge is 0.315 e. The number of hydrogen-bond donors (Lipinski definition) is 2. The molecule has 0 bridgehead atoms. The van der Waals surface area contributed by atoms with Crippen LogP contribution in [0.3, 0.4) is 0 Å². The van der Waals surface area contributed by atoms with Gasteiger partial charge in [0, 0.05) is 31.7 Å². The normalized spacial score (nSPS) is 15.1. The summed E-state index contributed by atoms with van der Waals surface area (Å²) in [5.41, 5.74) is 1.66. The van der Waals surface area contributed by atoms with E-state index in [9.17, 15) is 9.59 Å². The van der Waals surface area contributed by atoms with E-state index < -0.39 is 0 Å². The summed E-state index contributed by atoms with van der Waals surface area (Å²) < 4.78 is 0. The fraction of sp³-hybridized carbons (Fsp3) is 0.444. The Kier molecular flexibility index (Phi) is 6.20. The first-order valence-electron chi connectivity index (χ1n) is 8.06. The standard InChI is InChI=1S/C18H25N3O2/c1-14(2)12-19-18(23)20-13-15-8-10-21(11-9-15)17(22)16-6-4-3-5-7-16/h3-7,15H,1,8-13H2,2H3,(H2,19,20,23). The molecule has 0 saturated carbocycles. The number of amides is 3. The Morgan fingerprint density at radius 1 is 1.17 bits per heavy atom. The maximum absolute atomic E-state index is 12.4. The van der Waals surface area contributed by atoms with E-state index in [1.165, 1.54) is 0 Å². The number of likely N-dealkylation sites (tertiary alicyclic amines) is 1. The molecule has 1 aliphatic rings. The second-order valence-corrected chi connectivity index (χ2v) is 6.12. The van der Waals surface area contributed by atoms with Gasteiger partial charge in [-0.25, -0.2) is 4.79 Å². The van der Waals surface area contributed by atoms with E-state index >= 15 is 0 Å². The van der Waals surface area contributed by atoms with Crippen molar-refractivity contribution >= 4 is 11.9 Å². The van der Waals surface area contributed by atoms with Gasteiger partial charge in [-0.15, -0.1) is 0 Å². The van der Waals surface area contributed by atoms with Gasteiger partial charge in [0.25, 0.3) is 5.91 Å². The summed E-state index contributed by atoms with van der Waals surface area (Å²) in [7, 11) is 0. The Bertz CT molecular complexity index is 549. The lowest BCUT2D eigenvalue weighted by atomic mass is 9.96. The topological polar surface area (TPSA) is 61.4 Å². The monoisotopic (exact) mass is 315 g/mol. The molecule has 0 radical (unpaired) electrons. The average molecular weight is 315 g/mol. The largest absolute Gasteiger partial charge is 0.339 e. The van der Waals surface area contributed by atoms with Crippen LogP contribution in [0.2, 0.25) is 0 Å². The van der Waals surface area contributed by atoms with Crippen LogP contribution in [0.25, 0.3) is 0 Å². The molecule has 0 spiro atoms. The number of nitrogens with one attached hydrogen (secondary N) is 2. The van der Waals surface area contributed by atoms with Crippen molar-refractivity contribution < 1.29 is 9.59 Å². The Morgan fingerprint density at radius 2 is 1.83 bits per heavy atom. The third-order valence-corrected chi connectivity index (χ3v) is 4.02. The molecule has 1 fully saturated rings. The zero-order valence-corrected chi connectivity index (χ0v) is 13.7. The fourth-order valence-electron chi connectivity index (χ4n) is 2.63. The van der Waals surface area contributed by atoms with Crippen molar-refractivity contribution in [1.29, 1.82) is 0 Å². The number of rotatable bonds is 5. The minimum Gasteiger partial charge on any atom is -0.339 e. The Morgan fingerprint density at radius 3 is 2.43 bits per heavy atom. The molecule has 0 unspecified atom stereocenters. The summed E-state index contributed by atoms with van der Waals surface area (Å²) in [6.07, 6.45) is 1.83. The summed E-state index contributed by atoms with van der Waals surface area (Å²) >= 11 is 0. The first-order chi connectivity index (χ1) is 11.1. The third-order valence-electron chi connectivity index (χ3n) is 4.02. The van der Waals surface area contributed by atoms with Gasteiger partial charge in [-0.3, -0.25) is 4.79 Å². The second-order valence-electron chi connectivity index (χ2n) is 6.12. The zero-order valence-electron chi connectivity index (χ0n) is 13.7. The molecule has 1 heterocycles. The molecule has 1 aromatic carbocycles. The highest BCUT2D eigenvalue weighted by Gasteiger charge is 2.23. The van der Waals surface area contributed by atoms with E-state index in [0.717, 1.165) is 37.1 Å². The van der Waals surface area contributed by atoms with Crippen LogP contribution >= 0.6 is 0 Å². The van der Waals surface area contributed by atoms with Crippen molar-refractivity contribution in [2.24, 2.45) is 5.92 Å². The molecule has 0 aliphatic carbocycles. The highest BCUT2D eigenvalue weighted by Crippen LogP contribution is 2.18. The van der Waals surface area contributed by atoms with Crippen molar-refractivity contribution in [1.82, 2.24) is 15.5 Å². The van der Waals surface area contributed by atoms with Crippen LogP contribution in [0.15, 0.2) is 42.5 Å². The van der Waals surface area contributed by atoms with Crippen molar-refractivity contribution in [3.05, 3.63) is 48.0 Å². The number of hydrogen-bond acceptors (Lipinski definition) is 2. The van der Waals surface area contributed by atoms with Crippen LogP contribution in [-0.4, -0.2) is 43.0 Å². The summed E-state index contributed by atoms with van der Waals surface area (Å²) in [5.74, 6) is 0.515. The van der Waals surface area contributed by atoms with Gasteiger partial charge < -0.3 is 15.5 Å². The first kappa shape index (κ1) is 17.1. The second kappa shape index (κ2) is 8.36. The molecule has 1 saturated heterocycles. The van der Waals surface area contributed by atoms with Gasteiger partial charge in [-0.2, -0.15) is 0 Å². The highest BCUT2D eigenvalue weighted by molar-refractivity contribution is 5.94. The minimum atomic E-state index is -0.157. The molecule has 124 valence electrons. The van der Waals surface area contributed by atoms with Crippen LogP contribution in [0.4, 0.5) is 4.79 Å². The molecular formula is C18H25N3O2. The van der Waals surface area contributed by atoms with Crippen LogP contribution in [-0.2, 0) is 0 Å². The van der Waals surface area contributed by atoms with E-state index in [1.54, 1.807) is 0 Å². The van der Waals surface area contributed by atoms with Crippen molar-refractivity contribution in [2.75, 3.05) is 26.2 Å². The van der Waals surface area contributed by atoms with Crippen LogP contribution in [0.5, 0.6) is 0 Å². The summed E-state index contributed by atoms with van der Waals surface area (Å²) in [5, 5.41) is 5.64. The highest BCUT2D eigenvalue weighted by atomic mass is 16.2. The van der Waals surface area contributed by atoms with Gasteiger partial charge in [0.05, 0.1) is 0 Å². The van der Waals surface area contributed by atoms with Gasteiger partial charge in [0.2, 0.25) is 0 Å². The number of urea groups is 1. The summed E-state index contributed by atoms with van der Waals surface area (Å²) in [6, 6.07) is 9.22. The molecule has 0 atom stereocenters. The lowest BCUT2D eigenvalue weighted by Gasteiger charge is -2.32. The molecule has 0 aromatic heterocycles. The van der Waals surface area contributed by atoms with E-state index in [4.69, 9.17) is 0 Å². The SMILES string of the molecule is C=C(C)CNC(=O)NCC1CCN(C(=O)c2ccccc2)CC1. The third kappa shape index (κ3) is 5.43. The number of piperidine rings is 1. The molecule has 23 heavy (non-hydrogen) atoms. The predicted molar refractivity (Wildman–Crippen MR) is 91.3 cm³/mol. The lowest BCUT2D eigenvalue weighted by Crippen LogP contribution is -2.43. The quantitative estimate of drug-likeness (QED) is 0.820. The number of carbonyl (C=O) groups excluding carboxylic acids is 2. The number of nitrogens with zero attached hydrogens (tertiary/aromatic N) is 1. The van der Waals surface area contributed by atoms with Crippen molar-refractivity contribution in [3.63, 3.8) is 0 Å². The molecule has 5 heteroatoms. The Labute approximate surface area is 137 Å². The van der Waals surface area contributed by atoms with Gasteiger partial charge >= 0.3 is 6.03 Å². The summed E-state index contributed by atoms with van der Waals surface area (Å²) in [6.45, 7) is 8.25. The van der Waals surface area contributed by atoms with E-state index in [1.807, 2.05) is 42.2 Å². The lowest BCUT2D eigenvalue weighted by molar-refractivity contribution is 0.0690. The molecule has 3 amide bonds. The molecule has 1 aromatic rings. The molecule has 2 rings (SSSR count). The molecular weight excluding hydrogens is 290 g/mol. The van der Waals surface area contributed by atoms with Crippen LogP contribution in [0.1, 0.15) is 30.1 Å². The maximum atomic E-state index is 12.4. The van der Waals surface area contributed by atoms with E-state index in [-0.39, 0.29) is 11.9 Å². The summed E-state index contributed by atoms with van der Waals surface area (Å²) in [4.78, 5) is 25.9. The number of benzene rings is 1. The number of carbonyl (C=O) groups is 2. The Hall–Kier alpha value is -2.30. The molecule has 2 N–H and O–H groups in total. The van der Waals surface area contributed by atoms with Crippen molar-refractivity contribution in [3.8, 4) is 0 Å². The van der Waals surface area contributed by atoms with E-state index in [2.05, 4.69) is 17.2 Å². The van der Waals surface area contributed by atoms with Gasteiger partial charge in [0.15, 0.2) is 0 Å². The molecule has 5 nitrogen and oxygen atoms in total.